The van der Waals surface area contributed by atoms with Gasteiger partial charge >= 0.3 is 5.97 Å². The topological polar surface area (TPSA) is 84.2 Å². The number of hydrogen-bond donors (Lipinski definition) is 2. The van der Waals surface area contributed by atoms with Crippen LogP contribution in [-0.4, -0.2) is 26.8 Å². The number of benzene rings is 1. The van der Waals surface area contributed by atoms with Crippen LogP contribution in [0.1, 0.15) is 33.7 Å². The second-order valence-electron chi connectivity index (χ2n) is 5.21. The maximum absolute atomic E-state index is 12.3. The zero-order valence-electron chi connectivity index (χ0n) is 12.9. The normalized spacial score (nSPS) is 10.5. The van der Waals surface area contributed by atoms with Gasteiger partial charge in [-0.25, -0.2) is 0 Å². The van der Waals surface area contributed by atoms with E-state index in [0.29, 0.717) is 23.4 Å². The molecule has 2 N–H and O–H groups in total. The number of rotatable bonds is 5. The predicted octanol–water partition coefficient (Wildman–Crippen LogP) is 2.31. The van der Waals surface area contributed by atoms with Crippen molar-refractivity contribution < 1.29 is 14.7 Å². The molecule has 1 aromatic heterocycles. The van der Waals surface area contributed by atoms with Crippen LogP contribution in [0.15, 0.2) is 24.3 Å². The number of carboxylic acids is 1. The van der Waals surface area contributed by atoms with E-state index in [0.717, 1.165) is 11.3 Å². The zero-order valence-corrected chi connectivity index (χ0v) is 12.9. The first kappa shape index (κ1) is 15.8. The van der Waals surface area contributed by atoms with Crippen LogP contribution in [0.2, 0.25) is 0 Å². The van der Waals surface area contributed by atoms with Crippen molar-refractivity contribution >= 4 is 17.6 Å². The molecule has 0 fully saturated rings. The number of nitrogens with zero attached hydrogens (tertiary/aromatic N) is 2. The molecule has 2 aromatic rings. The number of aliphatic carboxylic acids is 1. The number of amides is 1. The van der Waals surface area contributed by atoms with Crippen LogP contribution in [0.25, 0.3) is 0 Å². The molecule has 0 aliphatic rings. The van der Waals surface area contributed by atoms with Crippen LogP contribution in [0.5, 0.6) is 0 Å². The lowest BCUT2D eigenvalue weighted by Gasteiger charge is -2.07. The van der Waals surface area contributed by atoms with E-state index in [-0.39, 0.29) is 12.3 Å². The molecule has 1 heterocycles. The molecule has 1 amide bonds. The Morgan fingerprint density at radius 3 is 2.36 bits per heavy atom. The number of anilines is 1. The summed E-state index contributed by atoms with van der Waals surface area (Å²) in [6.45, 7) is 3.65. The van der Waals surface area contributed by atoms with Crippen molar-refractivity contribution in [1.82, 2.24) is 9.78 Å². The Kier molecular flexibility index (Phi) is 4.60. The largest absolute Gasteiger partial charge is 0.481 e. The van der Waals surface area contributed by atoms with Crippen LogP contribution < -0.4 is 5.32 Å². The fraction of sp³-hybridized carbons (Fsp3) is 0.312. The Morgan fingerprint density at radius 1 is 1.23 bits per heavy atom. The monoisotopic (exact) mass is 301 g/mol. The van der Waals surface area contributed by atoms with Crippen molar-refractivity contribution in [3.8, 4) is 0 Å². The molecule has 2 rings (SSSR count). The van der Waals surface area contributed by atoms with Gasteiger partial charge in [0.2, 0.25) is 0 Å². The molecule has 0 aliphatic heterocycles. The first-order valence-electron chi connectivity index (χ1n) is 7.00. The van der Waals surface area contributed by atoms with Gasteiger partial charge in [0.05, 0.1) is 11.3 Å². The van der Waals surface area contributed by atoms with Gasteiger partial charge in [0.15, 0.2) is 0 Å². The summed E-state index contributed by atoms with van der Waals surface area (Å²) in [4.78, 5) is 22.9. The summed E-state index contributed by atoms with van der Waals surface area (Å²) in [6.07, 6.45) is 0.574. The molecule has 0 atom stereocenters. The summed E-state index contributed by atoms with van der Waals surface area (Å²) in [5.41, 5.74) is 3.68. The fourth-order valence-electron chi connectivity index (χ4n) is 2.30. The van der Waals surface area contributed by atoms with Gasteiger partial charge in [-0.2, -0.15) is 5.10 Å². The number of nitrogens with one attached hydrogen (secondary N) is 1. The SMILES string of the molecule is Cc1nn(C)c(C)c1C(=O)Nc1ccc(CCC(=O)O)cc1. The van der Waals surface area contributed by atoms with Gasteiger partial charge < -0.3 is 10.4 Å². The lowest BCUT2D eigenvalue weighted by Crippen LogP contribution is -2.14. The molecule has 0 unspecified atom stereocenters. The number of aryl methyl sites for hydroxylation is 3. The van der Waals surface area contributed by atoms with Crippen molar-refractivity contribution in [2.24, 2.45) is 7.05 Å². The number of aromatic nitrogens is 2. The maximum atomic E-state index is 12.3. The lowest BCUT2D eigenvalue weighted by atomic mass is 10.1. The van der Waals surface area contributed by atoms with Gasteiger partial charge in [0.25, 0.3) is 5.91 Å². The molecule has 0 bridgehead atoms. The van der Waals surface area contributed by atoms with Gasteiger partial charge in [0, 0.05) is 24.8 Å². The van der Waals surface area contributed by atoms with Gasteiger partial charge in [-0.05, 0) is 38.0 Å². The summed E-state index contributed by atoms with van der Waals surface area (Å²) in [5, 5.41) is 15.7. The van der Waals surface area contributed by atoms with Crippen LogP contribution in [0, 0.1) is 13.8 Å². The van der Waals surface area contributed by atoms with Gasteiger partial charge in [-0.3, -0.25) is 14.3 Å². The molecule has 0 aliphatic carbocycles. The van der Waals surface area contributed by atoms with E-state index in [1.807, 2.05) is 19.1 Å². The molecule has 0 spiro atoms. The van der Waals surface area contributed by atoms with E-state index in [1.165, 1.54) is 0 Å². The van der Waals surface area contributed by atoms with Crippen LogP contribution in [0.3, 0.4) is 0 Å². The highest BCUT2D eigenvalue weighted by atomic mass is 16.4. The van der Waals surface area contributed by atoms with Crippen molar-refractivity contribution in [1.29, 1.82) is 0 Å². The minimum absolute atomic E-state index is 0.0970. The van der Waals surface area contributed by atoms with E-state index in [4.69, 9.17) is 5.11 Å². The standard InChI is InChI=1S/C16H19N3O3/c1-10-15(11(2)19(3)18-10)16(22)17-13-7-4-12(5-8-13)6-9-14(20)21/h4-5,7-8H,6,9H2,1-3H3,(H,17,22)(H,20,21). The Balaban J connectivity index is 2.07. The van der Waals surface area contributed by atoms with E-state index in [1.54, 1.807) is 30.8 Å². The summed E-state index contributed by atoms with van der Waals surface area (Å²) < 4.78 is 1.68. The molecule has 116 valence electrons. The summed E-state index contributed by atoms with van der Waals surface area (Å²) >= 11 is 0. The fourth-order valence-corrected chi connectivity index (χ4v) is 2.30. The second-order valence-corrected chi connectivity index (χ2v) is 5.21. The average molecular weight is 301 g/mol. The van der Waals surface area contributed by atoms with Crippen LogP contribution in [-0.2, 0) is 18.3 Å². The number of carboxylic acid groups (broad SMARTS) is 1. The van der Waals surface area contributed by atoms with Crippen molar-refractivity contribution in [3.05, 3.63) is 46.8 Å². The second kappa shape index (κ2) is 6.43. The number of carbonyl (C=O) groups is 2. The minimum atomic E-state index is -0.820. The molecule has 6 nitrogen and oxygen atoms in total. The zero-order chi connectivity index (χ0) is 16.3. The highest BCUT2D eigenvalue weighted by Gasteiger charge is 2.17. The van der Waals surface area contributed by atoms with E-state index < -0.39 is 5.97 Å². The molecule has 0 radical (unpaired) electrons. The number of carbonyl (C=O) groups excluding carboxylic acids is 1. The first-order valence-corrected chi connectivity index (χ1v) is 7.00. The van der Waals surface area contributed by atoms with Crippen LogP contribution >= 0.6 is 0 Å². The molecule has 6 heteroatoms. The molecule has 0 saturated heterocycles. The summed E-state index contributed by atoms with van der Waals surface area (Å²) in [7, 11) is 1.80. The van der Waals surface area contributed by atoms with E-state index in [9.17, 15) is 9.59 Å². The van der Waals surface area contributed by atoms with E-state index in [2.05, 4.69) is 10.4 Å². The predicted molar refractivity (Wildman–Crippen MR) is 83.0 cm³/mol. The highest BCUT2D eigenvalue weighted by Crippen LogP contribution is 2.16. The third-order valence-electron chi connectivity index (χ3n) is 3.58. The molecule has 22 heavy (non-hydrogen) atoms. The maximum Gasteiger partial charge on any atom is 0.303 e. The van der Waals surface area contributed by atoms with Crippen LogP contribution in [0.4, 0.5) is 5.69 Å². The van der Waals surface area contributed by atoms with Gasteiger partial charge in [-0.15, -0.1) is 0 Å². The third-order valence-corrected chi connectivity index (χ3v) is 3.58. The molecular formula is C16H19N3O3. The van der Waals surface area contributed by atoms with E-state index >= 15 is 0 Å². The Morgan fingerprint density at radius 2 is 1.86 bits per heavy atom. The van der Waals surface area contributed by atoms with Crippen molar-refractivity contribution in [2.75, 3.05) is 5.32 Å². The Bertz CT molecular complexity index is 702. The first-order chi connectivity index (χ1) is 10.4. The summed E-state index contributed by atoms with van der Waals surface area (Å²) in [6, 6.07) is 7.19. The van der Waals surface area contributed by atoms with Crippen molar-refractivity contribution in [3.63, 3.8) is 0 Å². The minimum Gasteiger partial charge on any atom is -0.481 e. The van der Waals surface area contributed by atoms with Gasteiger partial charge in [0.1, 0.15) is 0 Å². The van der Waals surface area contributed by atoms with Crippen molar-refractivity contribution in [2.45, 2.75) is 26.7 Å². The molecular weight excluding hydrogens is 282 g/mol. The molecule has 0 saturated carbocycles. The number of hydrogen-bond acceptors (Lipinski definition) is 3. The summed E-state index contributed by atoms with van der Waals surface area (Å²) in [5.74, 6) is -1.01. The Labute approximate surface area is 128 Å². The van der Waals surface area contributed by atoms with Gasteiger partial charge in [-0.1, -0.05) is 12.1 Å². The Hall–Kier alpha value is -2.63. The smallest absolute Gasteiger partial charge is 0.303 e. The average Bonchev–Trinajstić information content (AvgIpc) is 2.71. The highest BCUT2D eigenvalue weighted by molar-refractivity contribution is 6.05. The lowest BCUT2D eigenvalue weighted by molar-refractivity contribution is -0.136. The molecule has 1 aromatic carbocycles. The third kappa shape index (κ3) is 3.52. The quantitative estimate of drug-likeness (QED) is 0.887.